The summed E-state index contributed by atoms with van der Waals surface area (Å²) in [7, 11) is 0. The van der Waals surface area contributed by atoms with Crippen LogP contribution in [-0.2, 0) is 9.53 Å². The van der Waals surface area contributed by atoms with Gasteiger partial charge in [-0.3, -0.25) is 4.79 Å². The quantitative estimate of drug-likeness (QED) is 0.727. The van der Waals surface area contributed by atoms with E-state index < -0.39 is 5.41 Å². The maximum absolute atomic E-state index is 12.1. The van der Waals surface area contributed by atoms with E-state index in [0.717, 1.165) is 6.42 Å². The first-order valence-electron chi connectivity index (χ1n) is 5.44. The van der Waals surface area contributed by atoms with Gasteiger partial charge in [0.1, 0.15) is 0 Å². The van der Waals surface area contributed by atoms with Crippen LogP contribution in [0.1, 0.15) is 34.1 Å². The Balaban J connectivity index is 2.75. The Morgan fingerprint density at radius 1 is 1.62 bits per heavy atom. The van der Waals surface area contributed by atoms with E-state index in [-0.39, 0.29) is 22.5 Å². The molecule has 3 N–H and O–H groups in total. The highest BCUT2D eigenvalue weighted by atomic mass is 32.1. The number of hydrogen-bond acceptors (Lipinski definition) is 3. The van der Waals surface area contributed by atoms with Gasteiger partial charge >= 0.3 is 0 Å². The van der Waals surface area contributed by atoms with Gasteiger partial charge in [0.25, 0.3) is 0 Å². The summed E-state index contributed by atoms with van der Waals surface area (Å²) in [6, 6.07) is 0. The minimum atomic E-state index is -0.819. The molecule has 1 saturated heterocycles. The number of carbonyl (C=O) groups excluding carboxylic acids is 1. The van der Waals surface area contributed by atoms with Gasteiger partial charge in [0, 0.05) is 6.61 Å². The standard InChI is InChI=1S/C11H20N2O2S/c1-7-11(4,5-6-15-7)13-9(14)10(2,3)8(12)16/h7H,5-6H2,1-4H3,(H2,12,16)(H,13,14). The summed E-state index contributed by atoms with van der Waals surface area (Å²) in [5.41, 5.74) is 4.42. The van der Waals surface area contributed by atoms with Gasteiger partial charge < -0.3 is 15.8 Å². The van der Waals surface area contributed by atoms with E-state index >= 15 is 0 Å². The Kier molecular flexibility index (Phi) is 3.59. The van der Waals surface area contributed by atoms with Gasteiger partial charge in [0.05, 0.1) is 22.0 Å². The number of nitrogens with two attached hydrogens (primary N) is 1. The molecule has 0 aliphatic carbocycles. The van der Waals surface area contributed by atoms with E-state index in [9.17, 15) is 4.79 Å². The number of carbonyl (C=O) groups is 1. The average Bonchev–Trinajstić information content (AvgIpc) is 2.46. The van der Waals surface area contributed by atoms with Crippen LogP contribution in [0.5, 0.6) is 0 Å². The van der Waals surface area contributed by atoms with Crippen molar-refractivity contribution in [3.63, 3.8) is 0 Å². The van der Waals surface area contributed by atoms with Gasteiger partial charge in [-0.05, 0) is 34.1 Å². The number of ether oxygens (including phenoxy) is 1. The third-order valence-corrected chi connectivity index (χ3v) is 3.98. The molecular formula is C11H20N2O2S. The van der Waals surface area contributed by atoms with E-state index in [1.165, 1.54) is 0 Å². The van der Waals surface area contributed by atoms with Crippen molar-refractivity contribution in [1.29, 1.82) is 0 Å². The minimum Gasteiger partial charge on any atom is -0.392 e. The number of hydrogen-bond donors (Lipinski definition) is 2. The summed E-state index contributed by atoms with van der Waals surface area (Å²) < 4.78 is 5.46. The smallest absolute Gasteiger partial charge is 0.232 e. The monoisotopic (exact) mass is 244 g/mol. The fourth-order valence-electron chi connectivity index (χ4n) is 1.53. The summed E-state index contributed by atoms with van der Waals surface area (Å²) in [5.74, 6) is -0.139. The third kappa shape index (κ3) is 2.35. The van der Waals surface area contributed by atoms with Crippen molar-refractivity contribution in [3.8, 4) is 0 Å². The molecule has 92 valence electrons. The summed E-state index contributed by atoms with van der Waals surface area (Å²) in [4.78, 5) is 12.3. The van der Waals surface area contributed by atoms with E-state index in [4.69, 9.17) is 22.7 Å². The zero-order chi connectivity index (χ0) is 12.6. The topological polar surface area (TPSA) is 64.3 Å². The van der Waals surface area contributed by atoms with Crippen molar-refractivity contribution in [3.05, 3.63) is 0 Å². The average molecular weight is 244 g/mol. The molecule has 1 amide bonds. The number of thiocarbonyl (C=S) groups is 1. The van der Waals surface area contributed by atoms with Crippen LogP contribution < -0.4 is 11.1 Å². The van der Waals surface area contributed by atoms with Crippen molar-refractivity contribution >= 4 is 23.1 Å². The molecule has 2 atom stereocenters. The summed E-state index contributed by atoms with van der Waals surface area (Å²) in [5, 5.41) is 3.00. The van der Waals surface area contributed by atoms with Crippen molar-refractivity contribution in [1.82, 2.24) is 5.32 Å². The summed E-state index contributed by atoms with van der Waals surface area (Å²) in [6.07, 6.45) is 0.825. The lowest BCUT2D eigenvalue weighted by atomic mass is 9.88. The van der Waals surface area contributed by atoms with Crippen molar-refractivity contribution in [2.24, 2.45) is 11.1 Å². The first-order valence-corrected chi connectivity index (χ1v) is 5.85. The predicted octanol–water partition coefficient (Wildman–Crippen LogP) is 0.982. The molecule has 0 aromatic heterocycles. The summed E-state index contributed by atoms with van der Waals surface area (Å²) >= 11 is 4.90. The Morgan fingerprint density at radius 2 is 2.19 bits per heavy atom. The second-order valence-corrected chi connectivity index (χ2v) is 5.56. The molecule has 5 heteroatoms. The molecule has 0 saturated carbocycles. The third-order valence-electron chi connectivity index (χ3n) is 3.47. The zero-order valence-corrected chi connectivity index (χ0v) is 11.1. The molecule has 1 heterocycles. The minimum absolute atomic E-state index is 0.0126. The maximum atomic E-state index is 12.1. The SMILES string of the molecule is CC1OCCC1(C)NC(=O)C(C)(C)C(N)=S. The largest absolute Gasteiger partial charge is 0.392 e. The summed E-state index contributed by atoms with van der Waals surface area (Å²) in [6.45, 7) is 8.08. The molecule has 1 rings (SSSR count). The lowest BCUT2D eigenvalue weighted by Gasteiger charge is -2.33. The van der Waals surface area contributed by atoms with Gasteiger partial charge in [-0.25, -0.2) is 0 Å². The predicted molar refractivity (Wildman–Crippen MR) is 67.1 cm³/mol. The number of amides is 1. The highest BCUT2D eigenvalue weighted by Gasteiger charge is 2.42. The Morgan fingerprint density at radius 3 is 2.56 bits per heavy atom. The second kappa shape index (κ2) is 4.30. The fourth-order valence-corrected chi connectivity index (χ4v) is 1.62. The van der Waals surface area contributed by atoms with Crippen LogP contribution in [0, 0.1) is 5.41 Å². The van der Waals surface area contributed by atoms with Gasteiger partial charge in [0.2, 0.25) is 5.91 Å². The fraction of sp³-hybridized carbons (Fsp3) is 0.818. The molecule has 0 aromatic rings. The molecule has 0 radical (unpaired) electrons. The van der Waals surface area contributed by atoms with Gasteiger partial charge in [-0.1, -0.05) is 12.2 Å². The molecular weight excluding hydrogens is 224 g/mol. The molecule has 1 aliphatic heterocycles. The van der Waals surface area contributed by atoms with E-state index in [0.29, 0.717) is 6.61 Å². The molecule has 0 spiro atoms. The Bertz CT molecular complexity index is 317. The molecule has 1 aliphatic rings. The highest BCUT2D eigenvalue weighted by Crippen LogP contribution is 2.27. The molecule has 0 bridgehead atoms. The second-order valence-electron chi connectivity index (χ2n) is 5.12. The van der Waals surface area contributed by atoms with Gasteiger partial charge in [-0.15, -0.1) is 0 Å². The van der Waals surface area contributed by atoms with Crippen molar-refractivity contribution in [2.75, 3.05) is 6.61 Å². The van der Waals surface area contributed by atoms with Crippen molar-refractivity contribution in [2.45, 2.75) is 45.8 Å². The first kappa shape index (κ1) is 13.4. The van der Waals surface area contributed by atoms with Gasteiger partial charge in [-0.2, -0.15) is 0 Å². The van der Waals surface area contributed by atoms with Gasteiger partial charge in [0.15, 0.2) is 0 Å². The molecule has 0 aromatic carbocycles. The molecule has 2 unspecified atom stereocenters. The molecule has 4 nitrogen and oxygen atoms in total. The van der Waals surface area contributed by atoms with Crippen LogP contribution in [0.3, 0.4) is 0 Å². The molecule has 16 heavy (non-hydrogen) atoms. The van der Waals surface area contributed by atoms with Crippen LogP contribution in [-0.4, -0.2) is 29.1 Å². The van der Waals surface area contributed by atoms with E-state index in [1.54, 1.807) is 13.8 Å². The van der Waals surface area contributed by atoms with Crippen LogP contribution >= 0.6 is 12.2 Å². The number of nitrogens with one attached hydrogen (secondary N) is 1. The maximum Gasteiger partial charge on any atom is 0.232 e. The lowest BCUT2D eigenvalue weighted by Crippen LogP contribution is -2.56. The van der Waals surface area contributed by atoms with Crippen LogP contribution in [0.2, 0.25) is 0 Å². The van der Waals surface area contributed by atoms with Crippen LogP contribution in [0.15, 0.2) is 0 Å². The lowest BCUT2D eigenvalue weighted by molar-refractivity contribution is -0.128. The molecule has 1 fully saturated rings. The van der Waals surface area contributed by atoms with Crippen LogP contribution in [0.25, 0.3) is 0 Å². The highest BCUT2D eigenvalue weighted by molar-refractivity contribution is 7.80. The normalized spacial score (nSPS) is 30.1. The van der Waals surface area contributed by atoms with Crippen molar-refractivity contribution < 1.29 is 9.53 Å². The van der Waals surface area contributed by atoms with Crippen LogP contribution in [0.4, 0.5) is 0 Å². The number of rotatable bonds is 3. The Hall–Kier alpha value is -0.680. The Labute approximate surface area is 102 Å². The zero-order valence-electron chi connectivity index (χ0n) is 10.3. The first-order chi connectivity index (χ1) is 7.20. The van der Waals surface area contributed by atoms with E-state index in [2.05, 4.69) is 5.32 Å². The van der Waals surface area contributed by atoms with E-state index in [1.807, 2.05) is 13.8 Å².